The molecule has 18 heavy (non-hydrogen) atoms. The number of benzene rings is 1. The first kappa shape index (κ1) is 15.1. The molecule has 1 rings (SSSR count). The highest BCUT2D eigenvalue weighted by atomic mass is 19.1. The number of rotatable bonds is 8. The predicted octanol–water partition coefficient (Wildman–Crippen LogP) is 2.66. The zero-order chi connectivity index (χ0) is 13.4. The highest BCUT2D eigenvalue weighted by Crippen LogP contribution is 2.23. The Morgan fingerprint density at radius 1 is 1.33 bits per heavy atom. The van der Waals surface area contributed by atoms with Crippen LogP contribution in [0.5, 0.6) is 0 Å². The van der Waals surface area contributed by atoms with Crippen molar-refractivity contribution in [2.45, 2.75) is 31.9 Å². The van der Waals surface area contributed by atoms with Gasteiger partial charge >= 0.3 is 0 Å². The quantitative estimate of drug-likeness (QED) is 0.726. The van der Waals surface area contributed by atoms with Gasteiger partial charge < -0.3 is 15.2 Å². The van der Waals surface area contributed by atoms with Crippen LogP contribution in [0.1, 0.15) is 31.4 Å². The SMILES string of the molecule is CCC(N)C(OCCCOC)c1cccc(F)c1. The Morgan fingerprint density at radius 3 is 2.72 bits per heavy atom. The van der Waals surface area contributed by atoms with Crippen LogP contribution in [-0.4, -0.2) is 26.4 Å². The Labute approximate surface area is 108 Å². The molecule has 0 bridgehead atoms. The molecule has 2 N–H and O–H groups in total. The summed E-state index contributed by atoms with van der Waals surface area (Å²) in [5.41, 5.74) is 6.83. The van der Waals surface area contributed by atoms with Crippen molar-refractivity contribution in [3.05, 3.63) is 35.6 Å². The lowest BCUT2D eigenvalue weighted by atomic mass is 10.0. The summed E-state index contributed by atoms with van der Waals surface area (Å²) in [4.78, 5) is 0. The van der Waals surface area contributed by atoms with E-state index < -0.39 is 0 Å². The normalized spacial score (nSPS) is 14.4. The monoisotopic (exact) mass is 255 g/mol. The van der Waals surface area contributed by atoms with E-state index in [0.717, 1.165) is 18.4 Å². The fourth-order valence-electron chi connectivity index (χ4n) is 1.78. The number of nitrogens with two attached hydrogens (primary N) is 1. The van der Waals surface area contributed by atoms with Crippen molar-refractivity contribution in [1.29, 1.82) is 0 Å². The summed E-state index contributed by atoms with van der Waals surface area (Å²) in [5.74, 6) is -0.263. The Morgan fingerprint density at radius 2 is 2.11 bits per heavy atom. The number of hydrogen-bond acceptors (Lipinski definition) is 3. The van der Waals surface area contributed by atoms with Crippen LogP contribution in [0.4, 0.5) is 4.39 Å². The maximum absolute atomic E-state index is 13.2. The fraction of sp³-hybridized carbons (Fsp3) is 0.571. The first-order valence-electron chi connectivity index (χ1n) is 6.30. The second-order valence-corrected chi connectivity index (χ2v) is 4.26. The minimum Gasteiger partial charge on any atom is -0.385 e. The van der Waals surface area contributed by atoms with E-state index in [0.29, 0.717) is 13.2 Å². The molecule has 0 saturated heterocycles. The Kier molecular flexibility index (Phi) is 6.86. The lowest BCUT2D eigenvalue weighted by molar-refractivity contribution is 0.0221. The van der Waals surface area contributed by atoms with Gasteiger partial charge in [0.25, 0.3) is 0 Å². The number of halogens is 1. The molecule has 0 fully saturated rings. The van der Waals surface area contributed by atoms with E-state index in [4.69, 9.17) is 15.2 Å². The molecular weight excluding hydrogens is 233 g/mol. The summed E-state index contributed by atoms with van der Waals surface area (Å²) in [5, 5.41) is 0. The molecule has 0 aromatic heterocycles. The van der Waals surface area contributed by atoms with Crippen LogP contribution < -0.4 is 5.73 Å². The van der Waals surface area contributed by atoms with Crippen LogP contribution in [-0.2, 0) is 9.47 Å². The van der Waals surface area contributed by atoms with Crippen LogP contribution in [0.15, 0.2) is 24.3 Å². The van der Waals surface area contributed by atoms with Crippen LogP contribution in [0, 0.1) is 5.82 Å². The summed E-state index contributed by atoms with van der Waals surface area (Å²) in [7, 11) is 1.65. The summed E-state index contributed by atoms with van der Waals surface area (Å²) in [6.07, 6.45) is 1.33. The Balaban J connectivity index is 2.66. The third-order valence-corrected chi connectivity index (χ3v) is 2.83. The zero-order valence-corrected chi connectivity index (χ0v) is 11.1. The summed E-state index contributed by atoms with van der Waals surface area (Å²) >= 11 is 0. The third kappa shape index (κ3) is 4.72. The third-order valence-electron chi connectivity index (χ3n) is 2.83. The van der Waals surface area contributed by atoms with Gasteiger partial charge in [-0.3, -0.25) is 0 Å². The van der Waals surface area contributed by atoms with E-state index in [-0.39, 0.29) is 18.0 Å². The molecule has 2 unspecified atom stereocenters. The van der Waals surface area contributed by atoms with Gasteiger partial charge in [0.05, 0.1) is 6.10 Å². The molecule has 4 heteroatoms. The van der Waals surface area contributed by atoms with E-state index in [2.05, 4.69) is 0 Å². The summed E-state index contributed by atoms with van der Waals surface area (Å²) < 4.78 is 24.0. The standard InChI is InChI=1S/C14H22FNO2/c1-3-13(16)14(18-9-5-8-17-2)11-6-4-7-12(15)10-11/h4,6-7,10,13-14H,3,5,8-9,16H2,1-2H3. The molecule has 0 aliphatic heterocycles. The van der Waals surface area contributed by atoms with Gasteiger partial charge in [-0.05, 0) is 30.5 Å². The summed E-state index contributed by atoms with van der Waals surface area (Å²) in [6, 6.07) is 6.30. The maximum atomic E-state index is 13.2. The lowest BCUT2D eigenvalue weighted by Gasteiger charge is -2.24. The largest absolute Gasteiger partial charge is 0.385 e. The minimum absolute atomic E-state index is 0.130. The molecule has 1 aromatic carbocycles. The highest BCUT2D eigenvalue weighted by molar-refractivity contribution is 5.20. The van der Waals surface area contributed by atoms with Crippen molar-refractivity contribution in [1.82, 2.24) is 0 Å². The van der Waals surface area contributed by atoms with Gasteiger partial charge in [-0.1, -0.05) is 19.1 Å². The van der Waals surface area contributed by atoms with Gasteiger partial charge in [0.2, 0.25) is 0 Å². The molecule has 0 amide bonds. The topological polar surface area (TPSA) is 44.5 Å². The molecular formula is C14H22FNO2. The molecule has 0 spiro atoms. The zero-order valence-electron chi connectivity index (χ0n) is 11.1. The molecule has 1 aromatic rings. The number of methoxy groups -OCH3 is 1. The molecule has 2 atom stereocenters. The van der Waals surface area contributed by atoms with Crippen LogP contribution in [0.2, 0.25) is 0 Å². The van der Waals surface area contributed by atoms with Gasteiger partial charge in [-0.2, -0.15) is 0 Å². The maximum Gasteiger partial charge on any atom is 0.123 e. The molecule has 3 nitrogen and oxygen atoms in total. The fourth-order valence-corrected chi connectivity index (χ4v) is 1.78. The van der Waals surface area contributed by atoms with Gasteiger partial charge in [-0.25, -0.2) is 4.39 Å². The van der Waals surface area contributed by atoms with Crippen LogP contribution >= 0.6 is 0 Å². The van der Waals surface area contributed by atoms with Crippen molar-refractivity contribution in [2.75, 3.05) is 20.3 Å². The first-order chi connectivity index (χ1) is 8.69. The van der Waals surface area contributed by atoms with Gasteiger partial charge in [-0.15, -0.1) is 0 Å². The van der Waals surface area contributed by atoms with Crippen LogP contribution in [0.25, 0.3) is 0 Å². The van der Waals surface area contributed by atoms with E-state index in [9.17, 15) is 4.39 Å². The van der Waals surface area contributed by atoms with Crippen molar-refractivity contribution < 1.29 is 13.9 Å². The van der Waals surface area contributed by atoms with Crippen LogP contribution in [0.3, 0.4) is 0 Å². The van der Waals surface area contributed by atoms with E-state index >= 15 is 0 Å². The molecule has 0 heterocycles. The molecule has 0 aliphatic rings. The van der Waals surface area contributed by atoms with Crippen molar-refractivity contribution in [2.24, 2.45) is 5.73 Å². The van der Waals surface area contributed by atoms with Gasteiger partial charge in [0.1, 0.15) is 5.82 Å². The number of ether oxygens (including phenoxy) is 2. The summed E-state index contributed by atoms with van der Waals surface area (Å²) in [6.45, 7) is 3.20. The van der Waals surface area contributed by atoms with Gasteiger partial charge in [0, 0.05) is 26.4 Å². The number of hydrogen-bond donors (Lipinski definition) is 1. The van der Waals surface area contributed by atoms with E-state index in [1.807, 2.05) is 13.0 Å². The average Bonchev–Trinajstić information content (AvgIpc) is 2.38. The van der Waals surface area contributed by atoms with Crippen molar-refractivity contribution in [3.63, 3.8) is 0 Å². The minimum atomic E-state index is -0.263. The Bertz CT molecular complexity index is 346. The first-order valence-corrected chi connectivity index (χ1v) is 6.30. The van der Waals surface area contributed by atoms with E-state index in [1.54, 1.807) is 13.2 Å². The second-order valence-electron chi connectivity index (χ2n) is 4.26. The Hall–Kier alpha value is -0.970. The highest BCUT2D eigenvalue weighted by Gasteiger charge is 2.19. The molecule has 102 valence electrons. The van der Waals surface area contributed by atoms with Crippen molar-refractivity contribution >= 4 is 0 Å². The average molecular weight is 255 g/mol. The molecule has 0 radical (unpaired) electrons. The smallest absolute Gasteiger partial charge is 0.123 e. The second kappa shape index (κ2) is 8.19. The molecule has 0 aliphatic carbocycles. The lowest BCUT2D eigenvalue weighted by Crippen LogP contribution is -2.30. The van der Waals surface area contributed by atoms with E-state index in [1.165, 1.54) is 12.1 Å². The predicted molar refractivity (Wildman–Crippen MR) is 69.9 cm³/mol. The molecule has 0 saturated carbocycles. The van der Waals surface area contributed by atoms with Crippen molar-refractivity contribution in [3.8, 4) is 0 Å². The van der Waals surface area contributed by atoms with Gasteiger partial charge in [0.15, 0.2) is 0 Å².